The SMILES string of the molecule is CCc1nn(C)cc1CNc1nc2cccnc2nc1NCc1cn(C)nc1CC. The van der Waals surface area contributed by atoms with Crippen molar-refractivity contribution in [2.75, 3.05) is 10.6 Å². The molecule has 0 aliphatic rings. The zero-order chi connectivity index (χ0) is 21.1. The van der Waals surface area contributed by atoms with Crippen LogP contribution in [0.5, 0.6) is 0 Å². The van der Waals surface area contributed by atoms with Gasteiger partial charge in [-0.25, -0.2) is 15.0 Å². The van der Waals surface area contributed by atoms with E-state index in [1.165, 1.54) is 0 Å². The van der Waals surface area contributed by atoms with Gasteiger partial charge in [-0.2, -0.15) is 10.2 Å². The van der Waals surface area contributed by atoms with Crippen LogP contribution in [-0.4, -0.2) is 34.5 Å². The number of nitrogens with zero attached hydrogens (tertiary/aromatic N) is 7. The fourth-order valence-electron chi connectivity index (χ4n) is 3.56. The molecule has 0 atom stereocenters. The maximum Gasteiger partial charge on any atom is 0.180 e. The highest BCUT2D eigenvalue weighted by Gasteiger charge is 2.13. The second kappa shape index (κ2) is 8.48. The summed E-state index contributed by atoms with van der Waals surface area (Å²) < 4.78 is 3.69. The van der Waals surface area contributed by atoms with Crippen molar-refractivity contribution in [2.24, 2.45) is 14.1 Å². The summed E-state index contributed by atoms with van der Waals surface area (Å²) >= 11 is 0. The van der Waals surface area contributed by atoms with E-state index in [0.29, 0.717) is 30.4 Å². The van der Waals surface area contributed by atoms with Crippen molar-refractivity contribution in [3.63, 3.8) is 0 Å². The fourth-order valence-corrected chi connectivity index (χ4v) is 3.56. The van der Waals surface area contributed by atoms with Crippen molar-refractivity contribution in [3.8, 4) is 0 Å². The van der Waals surface area contributed by atoms with Gasteiger partial charge in [0.1, 0.15) is 5.52 Å². The van der Waals surface area contributed by atoms with E-state index >= 15 is 0 Å². The van der Waals surface area contributed by atoms with E-state index in [1.807, 2.05) is 48.0 Å². The van der Waals surface area contributed by atoms with Crippen LogP contribution in [0.1, 0.15) is 36.4 Å². The van der Waals surface area contributed by atoms with Crippen molar-refractivity contribution >= 4 is 22.8 Å². The Morgan fingerprint density at radius 1 is 0.833 bits per heavy atom. The second-order valence-corrected chi connectivity index (χ2v) is 7.23. The molecule has 0 amide bonds. The molecule has 9 heteroatoms. The third kappa shape index (κ3) is 4.10. The van der Waals surface area contributed by atoms with Gasteiger partial charge in [-0.3, -0.25) is 9.36 Å². The standard InChI is InChI=1S/C21H27N9/c1-5-16-14(12-29(3)27-16)10-23-20-21(26-19-18(25-20)8-7-9-22-19)24-11-15-13-30(4)28-17(15)6-2/h7-9,12-13H,5-6,10-11H2,1-4H3,(H,23,25)(H,22,24,26). The predicted molar refractivity (Wildman–Crippen MR) is 117 cm³/mol. The summed E-state index contributed by atoms with van der Waals surface area (Å²) in [7, 11) is 3.88. The first-order chi connectivity index (χ1) is 14.6. The van der Waals surface area contributed by atoms with Crippen molar-refractivity contribution in [2.45, 2.75) is 39.8 Å². The number of rotatable bonds is 8. The third-order valence-electron chi connectivity index (χ3n) is 4.99. The van der Waals surface area contributed by atoms with Crippen LogP contribution in [0.2, 0.25) is 0 Å². The van der Waals surface area contributed by atoms with E-state index in [9.17, 15) is 0 Å². The second-order valence-electron chi connectivity index (χ2n) is 7.23. The Hall–Kier alpha value is -3.49. The summed E-state index contributed by atoms with van der Waals surface area (Å²) in [5.74, 6) is 1.37. The van der Waals surface area contributed by atoms with E-state index in [-0.39, 0.29) is 0 Å². The summed E-state index contributed by atoms with van der Waals surface area (Å²) in [6, 6.07) is 3.79. The van der Waals surface area contributed by atoms with Gasteiger partial charge < -0.3 is 10.6 Å². The molecule has 0 aliphatic heterocycles. The van der Waals surface area contributed by atoms with Crippen LogP contribution in [0.3, 0.4) is 0 Å². The molecule has 0 aromatic carbocycles. The molecule has 2 N–H and O–H groups in total. The molecule has 4 rings (SSSR count). The molecule has 0 saturated heterocycles. The van der Waals surface area contributed by atoms with E-state index in [2.05, 4.69) is 39.7 Å². The van der Waals surface area contributed by atoms with Gasteiger partial charge in [-0.1, -0.05) is 13.8 Å². The Kier molecular flexibility index (Phi) is 5.60. The first-order valence-electron chi connectivity index (χ1n) is 10.2. The van der Waals surface area contributed by atoms with Crippen molar-refractivity contribution in [1.29, 1.82) is 0 Å². The number of hydrogen-bond acceptors (Lipinski definition) is 7. The van der Waals surface area contributed by atoms with Gasteiger partial charge in [-0.05, 0) is 25.0 Å². The van der Waals surface area contributed by atoms with Crippen molar-refractivity contribution < 1.29 is 0 Å². The first kappa shape index (κ1) is 19.8. The molecule has 0 saturated carbocycles. The highest BCUT2D eigenvalue weighted by Crippen LogP contribution is 2.22. The molecule has 4 heterocycles. The van der Waals surface area contributed by atoms with E-state index in [0.717, 1.165) is 40.9 Å². The number of fused-ring (bicyclic) bond motifs is 1. The zero-order valence-electron chi connectivity index (χ0n) is 17.8. The quantitative estimate of drug-likeness (QED) is 0.465. The van der Waals surface area contributed by atoms with E-state index in [1.54, 1.807) is 6.20 Å². The average Bonchev–Trinajstić information content (AvgIpc) is 3.31. The molecule has 156 valence electrons. The summed E-state index contributed by atoms with van der Waals surface area (Å²) in [6.07, 6.45) is 7.58. The van der Waals surface area contributed by atoms with Gasteiger partial charge in [-0.15, -0.1) is 0 Å². The summed E-state index contributed by atoms with van der Waals surface area (Å²) in [4.78, 5) is 13.8. The van der Waals surface area contributed by atoms with Gasteiger partial charge in [0.2, 0.25) is 0 Å². The number of hydrogen-bond donors (Lipinski definition) is 2. The van der Waals surface area contributed by atoms with Gasteiger partial charge >= 0.3 is 0 Å². The van der Waals surface area contributed by atoms with Crippen LogP contribution >= 0.6 is 0 Å². The Morgan fingerprint density at radius 3 is 1.97 bits per heavy atom. The molecule has 0 spiro atoms. The molecular formula is C21H27N9. The average molecular weight is 406 g/mol. The van der Waals surface area contributed by atoms with Crippen LogP contribution in [-0.2, 0) is 40.0 Å². The molecular weight excluding hydrogens is 378 g/mol. The number of nitrogens with one attached hydrogen (secondary N) is 2. The monoisotopic (exact) mass is 405 g/mol. The van der Waals surface area contributed by atoms with Crippen LogP contribution in [0.4, 0.5) is 11.6 Å². The number of anilines is 2. The van der Waals surface area contributed by atoms with Crippen molar-refractivity contribution in [1.82, 2.24) is 34.5 Å². The van der Waals surface area contributed by atoms with Crippen LogP contribution in [0.25, 0.3) is 11.2 Å². The Labute approximate surface area is 175 Å². The lowest BCUT2D eigenvalue weighted by Gasteiger charge is -2.13. The molecule has 30 heavy (non-hydrogen) atoms. The maximum absolute atomic E-state index is 4.77. The number of pyridine rings is 1. The lowest BCUT2D eigenvalue weighted by atomic mass is 10.2. The van der Waals surface area contributed by atoms with Gasteiger partial charge in [0.25, 0.3) is 0 Å². The minimum atomic E-state index is 0.614. The van der Waals surface area contributed by atoms with Gasteiger partial charge in [0.15, 0.2) is 17.3 Å². The fraction of sp³-hybridized carbons (Fsp3) is 0.381. The predicted octanol–water partition coefficient (Wildman–Crippen LogP) is 2.84. The summed E-state index contributed by atoms with van der Waals surface area (Å²) in [5.41, 5.74) is 5.83. The highest BCUT2D eigenvalue weighted by molar-refractivity contribution is 5.76. The summed E-state index contributed by atoms with van der Waals surface area (Å²) in [6.45, 7) is 5.46. The largest absolute Gasteiger partial charge is 0.363 e. The van der Waals surface area contributed by atoms with Gasteiger partial charge in [0.05, 0.1) is 11.4 Å². The Bertz CT molecular complexity index is 1070. The molecule has 4 aromatic heterocycles. The van der Waals surface area contributed by atoms with Gasteiger partial charge in [0, 0.05) is 56.9 Å². The molecule has 4 aromatic rings. The summed E-state index contributed by atoms with van der Waals surface area (Å²) in [5, 5.41) is 15.9. The van der Waals surface area contributed by atoms with Crippen LogP contribution < -0.4 is 10.6 Å². The minimum Gasteiger partial charge on any atom is -0.363 e. The van der Waals surface area contributed by atoms with E-state index in [4.69, 9.17) is 9.97 Å². The molecule has 9 nitrogen and oxygen atoms in total. The maximum atomic E-state index is 4.77. The topological polar surface area (TPSA) is 98.4 Å². The molecule has 0 aliphatic carbocycles. The van der Waals surface area contributed by atoms with E-state index < -0.39 is 0 Å². The highest BCUT2D eigenvalue weighted by atomic mass is 15.3. The molecule has 0 bridgehead atoms. The molecule has 0 unspecified atom stereocenters. The number of aromatic nitrogens is 7. The zero-order valence-corrected chi connectivity index (χ0v) is 17.8. The Morgan fingerprint density at radius 2 is 1.40 bits per heavy atom. The minimum absolute atomic E-state index is 0.614. The van der Waals surface area contributed by atoms with Crippen LogP contribution in [0.15, 0.2) is 30.7 Å². The smallest absolute Gasteiger partial charge is 0.180 e. The van der Waals surface area contributed by atoms with Crippen molar-refractivity contribution in [3.05, 3.63) is 53.2 Å². The first-order valence-corrected chi connectivity index (χ1v) is 10.2. The number of aryl methyl sites for hydroxylation is 4. The lowest BCUT2D eigenvalue weighted by molar-refractivity contribution is 0.746. The Balaban J connectivity index is 1.61. The normalized spacial score (nSPS) is 11.2. The lowest BCUT2D eigenvalue weighted by Crippen LogP contribution is -2.10. The molecule has 0 radical (unpaired) electrons. The molecule has 0 fully saturated rings. The van der Waals surface area contributed by atoms with Crippen LogP contribution in [0, 0.1) is 0 Å². The third-order valence-corrected chi connectivity index (χ3v) is 4.99.